The van der Waals surface area contributed by atoms with Crippen molar-refractivity contribution < 1.29 is 17.6 Å². The number of nitrogens with two attached hydrogens (primary N) is 1. The average molecular weight is 323 g/mol. The van der Waals surface area contributed by atoms with E-state index >= 15 is 0 Å². The van der Waals surface area contributed by atoms with Crippen LogP contribution in [0, 0.1) is 11.2 Å². The van der Waals surface area contributed by atoms with Crippen LogP contribution in [0.2, 0.25) is 5.02 Å². The number of nitrogens with one attached hydrogen (secondary N) is 1. The van der Waals surface area contributed by atoms with E-state index in [1.54, 1.807) is 0 Å². The van der Waals surface area contributed by atoms with Crippen LogP contribution in [0.15, 0.2) is 17.0 Å². The number of carbonyl (C=O) groups is 1. The van der Waals surface area contributed by atoms with Crippen LogP contribution in [0.25, 0.3) is 0 Å². The van der Waals surface area contributed by atoms with Crippen LogP contribution in [0.5, 0.6) is 0 Å². The minimum atomic E-state index is -4.29. The highest BCUT2D eigenvalue weighted by Gasteiger charge is 2.23. The monoisotopic (exact) mass is 322 g/mol. The largest absolute Gasteiger partial charge is 0.351 e. The maximum Gasteiger partial charge on any atom is 0.254 e. The summed E-state index contributed by atoms with van der Waals surface area (Å²) in [5, 5.41) is 7.31. The first-order valence-electron chi connectivity index (χ1n) is 5.72. The average Bonchev–Trinajstić information content (AvgIpc) is 2.26. The third-order valence-electron chi connectivity index (χ3n) is 2.33. The van der Waals surface area contributed by atoms with Gasteiger partial charge in [-0.1, -0.05) is 32.4 Å². The molecule has 0 saturated carbocycles. The van der Waals surface area contributed by atoms with Crippen molar-refractivity contribution in [3.05, 3.63) is 28.5 Å². The SMILES string of the molecule is CC(C)(C)CNC(=O)c1cc(Cl)cc(S(N)(=O)=O)c1F. The Morgan fingerprint density at radius 1 is 1.40 bits per heavy atom. The number of primary sulfonamides is 1. The van der Waals surface area contributed by atoms with Crippen molar-refractivity contribution >= 4 is 27.5 Å². The van der Waals surface area contributed by atoms with Gasteiger partial charge in [-0.25, -0.2) is 17.9 Å². The second-order valence-corrected chi connectivity index (χ2v) is 7.52. The van der Waals surface area contributed by atoms with Crippen molar-refractivity contribution in [1.29, 1.82) is 0 Å². The number of benzene rings is 1. The summed E-state index contributed by atoms with van der Waals surface area (Å²) < 4.78 is 36.5. The Morgan fingerprint density at radius 2 is 1.95 bits per heavy atom. The van der Waals surface area contributed by atoms with E-state index in [-0.39, 0.29) is 10.4 Å². The molecule has 0 aliphatic carbocycles. The summed E-state index contributed by atoms with van der Waals surface area (Å²) in [5.74, 6) is -1.95. The Kier molecular flexibility index (Phi) is 4.78. The van der Waals surface area contributed by atoms with Gasteiger partial charge in [-0.15, -0.1) is 0 Å². The fraction of sp³-hybridized carbons (Fsp3) is 0.417. The van der Waals surface area contributed by atoms with Crippen molar-refractivity contribution in [3.8, 4) is 0 Å². The zero-order chi connectivity index (χ0) is 15.7. The molecule has 0 aliphatic heterocycles. The van der Waals surface area contributed by atoms with Gasteiger partial charge in [0.15, 0.2) is 5.82 Å². The zero-order valence-corrected chi connectivity index (χ0v) is 12.9. The minimum Gasteiger partial charge on any atom is -0.351 e. The first-order valence-corrected chi connectivity index (χ1v) is 7.64. The number of rotatable bonds is 3. The summed E-state index contributed by atoms with van der Waals surface area (Å²) in [4.78, 5) is 11.1. The Hall–Kier alpha value is -1.18. The molecular weight excluding hydrogens is 307 g/mol. The zero-order valence-electron chi connectivity index (χ0n) is 11.3. The molecule has 1 amide bonds. The van der Waals surface area contributed by atoms with Crippen molar-refractivity contribution in [2.45, 2.75) is 25.7 Å². The van der Waals surface area contributed by atoms with Gasteiger partial charge in [0, 0.05) is 11.6 Å². The van der Waals surface area contributed by atoms with Crippen molar-refractivity contribution in [2.75, 3.05) is 6.54 Å². The lowest BCUT2D eigenvalue weighted by Gasteiger charge is -2.19. The summed E-state index contributed by atoms with van der Waals surface area (Å²) in [6.07, 6.45) is 0. The van der Waals surface area contributed by atoms with E-state index in [0.29, 0.717) is 6.54 Å². The number of amides is 1. The molecule has 1 rings (SSSR count). The first kappa shape index (κ1) is 16.9. The second kappa shape index (κ2) is 5.67. The molecular formula is C12H16ClFN2O3S. The van der Waals surface area contributed by atoms with Crippen LogP contribution >= 0.6 is 11.6 Å². The molecule has 0 atom stereocenters. The predicted molar refractivity (Wildman–Crippen MR) is 74.6 cm³/mol. The highest BCUT2D eigenvalue weighted by Crippen LogP contribution is 2.23. The maximum atomic E-state index is 14.0. The Labute approximate surface area is 122 Å². The molecule has 1 aromatic rings. The van der Waals surface area contributed by atoms with Gasteiger partial charge >= 0.3 is 0 Å². The molecule has 0 fully saturated rings. The van der Waals surface area contributed by atoms with Gasteiger partial charge in [0.25, 0.3) is 5.91 Å². The van der Waals surface area contributed by atoms with E-state index in [1.165, 1.54) is 0 Å². The van der Waals surface area contributed by atoms with Crippen LogP contribution in [-0.4, -0.2) is 20.9 Å². The standard InChI is InChI=1S/C12H16ClFN2O3S/c1-12(2,3)6-16-11(17)8-4-7(13)5-9(10(8)14)20(15,18)19/h4-5H,6H2,1-3H3,(H,16,17)(H2,15,18,19). The third kappa shape index (κ3) is 4.43. The van der Waals surface area contributed by atoms with Gasteiger partial charge in [0.1, 0.15) is 4.90 Å². The minimum absolute atomic E-state index is 0.0867. The van der Waals surface area contributed by atoms with Gasteiger partial charge in [-0.2, -0.15) is 0 Å². The molecule has 0 radical (unpaired) electrons. The molecule has 0 aliphatic rings. The van der Waals surface area contributed by atoms with Crippen LogP contribution in [0.4, 0.5) is 4.39 Å². The molecule has 0 aromatic heterocycles. The topological polar surface area (TPSA) is 89.3 Å². The molecule has 3 N–H and O–H groups in total. The van der Waals surface area contributed by atoms with Crippen molar-refractivity contribution in [1.82, 2.24) is 5.32 Å². The van der Waals surface area contributed by atoms with Gasteiger partial charge in [-0.05, 0) is 17.5 Å². The summed E-state index contributed by atoms with van der Waals surface area (Å²) >= 11 is 5.70. The number of halogens is 2. The molecule has 0 saturated heterocycles. The normalized spacial score (nSPS) is 12.3. The highest BCUT2D eigenvalue weighted by atomic mass is 35.5. The summed E-state index contributed by atoms with van der Waals surface area (Å²) in [5.41, 5.74) is -0.654. The molecule has 0 heterocycles. The Bertz CT molecular complexity index is 639. The molecule has 0 bridgehead atoms. The molecule has 1 aromatic carbocycles. The van der Waals surface area contributed by atoms with Gasteiger partial charge in [0.05, 0.1) is 5.56 Å². The van der Waals surface area contributed by atoms with E-state index in [2.05, 4.69) is 5.32 Å². The third-order valence-corrected chi connectivity index (χ3v) is 3.46. The van der Waals surface area contributed by atoms with Crippen LogP contribution in [0.1, 0.15) is 31.1 Å². The smallest absolute Gasteiger partial charge is 0.254 e. The number of carbonyl (C=O) groups excluding carboxylic acids is 1. The fourth-order valence-corrected chi connectivity index (χ4v) is 2.31. The Morgan fingerprint density at radius 3 is 2.40 bits per heavy atom. The highest BCUT2D eigenvalue weighted by molar-refractivity contribution is 7.89. The molecule has 5 nitrogen and oxygen atoms in total. The summed E-state index contributed by atoms with van der Waals surface area (Å²) in [6, 6.07) is 1.93. The maximum absolute atomic E-state index is 14.0. The van der Waals surface area contributed by atoms with E-state index < -0.39 is 32.2 Å². The first-order chi connectivity index (χ1) is 8.92. The van der Waals surface area contributed by atoms with Gasteiger partial charge in [-0.3, -0.25) is 4.79 Å². The lowest BCUT2D eigenvalue weighted by molar-refractivity contribution is 0.0934. The van der Waals surface area contributed by atoms with Crippen molar-refractivity contribution in [3.63, 3.8) is 0 Å². The second-order valence-electron chi connectivity index (χ2n) is 5.55. The van der Waals surface area contributed by atoms with E-state index in [1.807, 2.05) is 20.8 Å². The van der Waals surface area contributed by atoms with Gasteiger partial charge in [0.2, 0.25) is 10.0 Å². The van der Waals surface area contributed by atoms with Crippen molar-refractivity contribution in [2.24, 2.45) is 10.6 Å². The van der Waals surface area contributed by atoms with E-state index in [9.17, 15) is 17.6 Å². The molecule has 0 unspecified atom stereocenters. The number of sulfonamides is 1. The molecule has 112 valence electrons. The Balaban J connectivity index is 3.20. The van der Waals surface area contributed by atoms with E-state index in [0.717, 1.165) is 12.1 Å². The lowest BCUT2D eigenvalue weighted by atomic mass is 9.97. The van der Waals surface area contributed by atoms with Crippen LogP contribution in [0.3, 0.4) is 0 Å². The van der Waals surface area contributed by atoms with E-state index in [4.69, 9.17) is 16.7 Å². The quantitative estimate of drug-likeness (QED) is 0.890. The van der Waals surface area contributed by atoms with Crippen LogP contribution < -0.4 is 10.5 Å². The molecule has 0 spiro atoms. The number of hydrogen-bond donors (Lipinski definition) is 2. The van der Waals surface area contributed by atoms with Crippen LogP contribution in [-0.2, 0) is 10.0 Å². The molecule has 8 heteroatoms. The fourth-order valence-electron chi connectivity index (χ4n) is 1.38. The predicted octanol–water partition coefficient (Wildman–Crippen LogP) is 1.90. The number of hydrogen-bond acceptors (Lipinski definition) is 3. The lowest BCUT2D eigenvalue weighted by Crippen LogP contribution is -2.33. The molecule has 20 heavy (non-hydrogen) atoms. The van der Waals surface area contributed by atoms with Gasteiger partial charge < -0.3 is 5.32 Å². The summed E-state index contributed by atoms with van der Waals surface area (Å²) in [7, 11) is -4.29. The summed E-state index contributed by atoms with van der Waals surface area (Å²) in [6.45, 7) is 5.95.